The van der Waals surface area contributed by atoms with E-state index in [0.29, 0.717) is 5.56 Å². The molecular formula is C20H22FN3. The summed E-state index contributed by atoms with van der Waals surface area (Å²) in [6.45, 7) is 8.68. The van der Waals surface area contributed by atoms with Crippen LogP contribution in [0.4, 0.5) is 15.9 Å². The number of halogens is 1. The number of nitrogens with zero attached hydrogens (tertiary/aromatic N) is 3. The van der Waals surface area contributed by atoms with E-state index in [1.165, 1.54) is 5.56 Å². The summed E-state index contributed by atoms with van der Waals surface area (Å²) in [5.74, 6) is 0.766. The van der Waals surface area contributed by atoms with E-state index in [2.05, 4.69) is 33.9 Å². The summed E-state index contributed by atoms with van der Waals surface area (Å²) in [5.41, 5.74) is 4.88. The van der Waals surface area contributed by atoms with Crippen molar-refractivity contribution in [2.24, 2.45) is 0 Å². The number of fused-ring (bicyclic) bond motifs is 2. The fourth-order valence-corrected chi connectivity index (χ4v) is 3.10. The Hall–Kier alpha value is -2.49. The van der Waals surface area contributed by atoms with E-state index in [4.69, 9.17) is 0 Å². The summed E-state index contributed by atoms with van der Waals surface area (Å²) in [4.78, 5) is 11.0. The van der Waals surface area contributed by atoms with Crippen LogP contribution in [-0.4, -0.2) is 16.5 Å². The minimum absolute atomic E-state index is 0.135. The second-order valence-corrected chi connectivity index (χ2v) is 5.85. The van der Waals surface area contributed by atoms with Gasteiger partial charge in [0.25, 0.3) is 0 Å². The maximum absolute atomic E-state index is 13.8. The molecule has 0 fully saturated rings. The fraction of sp³-hybridized carbons (Fsp3) is 0.300. The third kappa shape index (κ3) is 2.73. The normalized spacial score (nSPS) is 12.8. The van der Waals surface area contributed by atoms with Gasteiger partial charge in [-0.2, -0.15) is 0 Å². The van der Waals surface area contributed by atoms with Crippen LogP contribution in [0.1, 0.15) is 30.5 Å². The van der Waals surface area contributed by atoms with E-state index >= 15 is 0 Å². The first kappa shape index (κ1) is 16.4. The Kier molecular flexibility index (Phi) is 4.47. The first-order valence-corrected chi connectivity index (χ1v) is 8.41. The van der Waals surface area contributed by atoms with Gasteiger partial charge in [-0.15, -0.1) is 0 Å². The van der Waals surface area contributed by atoms with Crippen LogP contribution in [0.15, 0.2) is 36.7 Å². The highest BCUT2D eigenvalue weighted by atomic mass is 19.1. The fourth-order valence-electron chi connectivity index (χ4n) is 3.10. The van der Waals surface area contributed by atoms with Crippen LogP contribution in [0, 0.1) is 19.7 Å². The quantitative estimate of drug-likeness (QED) is 0.623. The molecule has 0 amide bonds. The standard InChI is InChI=1S/C18H16FN3.C2H6/c1-11-3-4-16-14(7-11)18(21-10-20-16)22-6-5-13-9-15(19)12(2)8-17(13)22;1-2/h3-4,7-10H,5-6H2,1-2H3;1-2H3. The summed E-state index contributed by atoms with van der Waals surface area (Å²) >= 11 is 0. The Morgan fingerprint density at radius 3 is 2.62 bits per heavy atom. The molecule has 0 spiro atoms. The van der Waals surface area contributed by atoms with E-state index in [-0.39, 0.29) is 5.82 Å². The molecular weight excluding hydrogens is 301 g/mol. The molecule has 124 valence electrons. The number of benzene rings is 2. The van der Waals surface area contributed by atoms with Crippen LogP contribution in [-0.2, 0) is 6.42 Å². The van der Waals surface area contributed by atoms with Crippen LogP contribution in [0.2, 0.25) is 0 Å². The number of aryl methyl sites for hydroxylation is 2. The molecule has 2 aromatic carbocycles. The van der Waals surface area contributed by atoms with E-state index in [1.54, 1.807) is 19.3 Å². The molecule has 0 bridgehead atoms. The molecule has 3 nitrogen and oxygen atoms in total. The molecule has 0 saturated heterocycles. The number of hydrogen-bond donors (Lipinski definition) is 0. The molecule has 3 aromatic rings. The van der Waals surface area contributed by atoms with Crippen LogP contribution >= 0.6 is 0 Å². The second-order valence-electron chi connectivity index (χ2n) is 5.85. The molecule has 1 aliphatic heterocycles. The first-order chi connectivity index (χ1) is 11.6. The van der Waals surface area contributed by atoms with Crippen LogP contribution in [0.5, 0.6) is 0 Å². The molecule has 24 heavy (non-hydrogen) atoms. The molecule has 0 unspecified atom stereocenters. The topological polar surface area (TPSA) is 29.0 Å². The van der Waals surface area contributed by atoms with Crippen LogP contribution < -0.4 is 4.90 Å². The number of hydrogen-bond acceptors (Lipinski definition) is 3. The Balaban J connectivity index is 0.000000815. The van der Waals surface area contributed by atoms with Gasteiger partial charge in [-0.3, -0.25) is 0 Å². The average molecular weight is 323 g/mol. The van der Waals surface area contributed by atoms with Crippen molar-refractivity contribution in [1.29, 1.82) is 0 Å². The van der Waals surface area contributed by atoms with E-state index in [0.717, 1.165) is 40.9 Å². The van der Waals surface area contributed by atoms with Gasteiger partial charge in [0.05, 0.1) is 5.52 Å². The maximum atomic E-state index is 13.8. The van der Waals surface area contributed by atoms with Gasteiger partial charge >= 0.3 is 0 Å². The van der Waals surface area contributed by atoms with Gasteiger partial charge in [0, 0.05) is 17.6 Å². The minimum Gasteiger partial charge on any atom is -0.325 e. The summed E-state index contributed by atoms with van der Waals surface area (Å²) in [6.07, 6.45) is 2.44. The number of anilines is 2. The van der Waals surface area contributed by atoms with Gasteiger partial charge in [-0.05, 0) is 55.7 Å². The summed E-state index contributed by atoms with van der Waals surface area (Å²) in [5, 5.41) is 1.04. The van der Waals surface area contributed by atoms with Gasteiger partial charge in [0.1, 0.15) is 18.0 Å². The van der Waals surface area contributed by atoms with E-state index < -0.39 is 0 Å². The Morgan fingerprint density at radius 1 is 1.04 bits per heavy atom. The van der Waals surface area contributed by atoms with Crippen molar-refractivity contribution in [3.63, 3.8) is 0 Å². The third-order valence-corrected chi connectivity index (χ3v) is 4.28. The first-order valence-electron chi connectivity index (χ1n) is 8.41. The predicted molar refractivity (Wildman–Crippen MR) is 97.5 cm³/mol. The van der Waals surface area contributed by atoms with E-state index in [9.17, 15) is 4.39 Å². The second kappa shape index (κ2) is 6.56. The number of rotatable bonds is 1. The lowest BCUT2D eigenvalue weighted by molar-refractivity contribution is 0.617. The molecule has 0 radical (unpaired) electrons. The maximum Gasteiger partial charge on any atom is 0.144 e. The summed E-state index contributed by atoms with van der Waals surface area (Å²) in [6, 6.07) is 9.75. The van der Waals surface area contributed by atoms with Gasteiger partial charge < -0.3 is 4.90 Å². The lowest BCUT2D eigenvalue weighted by atomic mass is 10.1. The van der Waals surface area contributed by atoms with Crippen molar-refractivity contribution in [1.82, 2.24) is 9.97 Å². The molecule has 2 heterocycles. The minimum atomic E-state index is -0.135. The average Bonchev–Trinajstić information content (AvgIpc) is 2.99. The molecule has 1 aromatic heterocycles. The summed E-state index contributed by atoms with van der Waals surface area (Å²) < 4.78 is 13.8. The van der Waals surface area contributed by atoms with Crippen LogP contribution in [0.25, 0.3) is 10.9 Å². The highest BCUT2D eigenvalue weighted by Crippen LogP contribution is 2.37. The Morgan fingerprint density at radius 2 is 1.83 bits per heavy atom. The van der Waals surface area contributed by atoms with Gasteiger partial charge in [-0.25, -0.2) is 14.4 Å². The number of aromatic nitrogens is 2. The van der Waals surface area contributed by atoms with E-state index in [1.807, 2.05) is 26.0 Å². The summed E-state index contributed by atoms with van der Waals surface area (Å²) in [7, 11) is 0. The monoisotopic (exact) mass is 323 g/mol. The zero-order valence-electron chi connectivity index (χ0n) is 14.6. The molecule has 1 aliphatic rings. The predicted octanol–water partition coefficient (Wildman–Crippen LogP) is 5.11. The van der Waals surface area contributed by atoms with Crippen molar-refractivity contribution in [3.8, 4) is 0 Å². The zero-order chi connectivity index (χ0) is 17.3. The SMILES string of the molecule is CC.Cc1ccc2ncnc(N3CCc4cc(F)c(C)cc43)c2c1. The van der Waals surface area contributed by atoms with Gasteiger partial charge in [0.2, 0.25) is 0 Å². The zero-order valence-corrected chi connectivity index (χ0v) is 14.6. The molecule has 4 rings (SSSR count). The molecule has 0 aliphatic carbocycles. The highest BCUT2D eigenvalue weighted by molar-refractivity contribution is 5.92. The van der Waals surface area contributed by atoms with Crippen molar-refractivity contribution in [3.05, 3.63) is 59.2 Å². The Labute approximate surface area is 142 Å². The van der Waals surface area contributed by atoms with Crippen molar-refractivity contribution in [2.45, 2.75) is 34.1 Å². The highest BCUT2D eigenvalue weighted by Gasteiger charge is 2.24. The van der Waals surface area contributed by atoms with Crippen LogP contribution in [0.3, 0.4) is 0 Å². The largest absolute Gasteiger partial charge is 0.325 e. The molecule has 0 atom stereocenters. The van der Waals surface area contributed by atoms with Gasteiger partial charge in [-0.1, -0.05) is 25.5 Å². The van der Waals surface area contributed by atoms with Crippen molar-refractivity contribution < 1.29 is 4.39 Å². The third-order valence-electron chi connectivity index (χ3n) is 4.28. The molecule has 0 saturated carbocycles. The lowest BCUT2D eigenvalue weighted by Gasteiger charge is -2.20. The van der Waals surface area contributed by atoms with Crippen molar-refractivity contribution in [2.75, 3.05) is 11.4 Å². The van der Waals surface area contributed by atoms with Crippen molar-refractivity contribution >= 4 is 22.4 Å². The molecule has 0 N–H and O–H groups in total. The lowest BCUT2D eigenvalue weighted by Crippen LogP contribution is -2.15. The molecule has 4 heteroatoms. The smallest absolute Gasteiger partial charge is 0.144 e. The Bertz CT molecular complexity index is 889. The van der Waals surface area contributed by atoms with Gasteiger partial charge in [0.15, 0.2) is 0 Å².